The van der Waals surface area contributed by atoms with Gasteiger partial charge in [-0.2, -0.15) is 5.26 Å². The van der Waals surface area contributed by atoms with E-state index in [9.17, 15) is 18.5 Å². The van der Waals surface area contributed by atoms with Gasteiger partial charge in [0.1, 0.15) is 11.3 Å². The van der Waals surface area contributed by atoms with Gasteiger partial charge in [-0.1, -0.05) is 18.2 Å². The van der Waals surface area contributed by atoms with Crippen LogP contribution in [0.2, 0.25) is 0 Å². The third kappa shape index (κ3) is 4.69. The van der Waals surface area contributed by atoms with Gasteiger partial charge in [-0.05, 0) is 69.1 Å². The number of piperidine rings is 1. The number of hydrogen-bond donors (Lipinski definition) is 0. The molecular formula is C29H32N6O3S. The van der Waals surface area contributed by atoms with Gasteiger partial charge in [-0.15, -0.1) is 0 Å². The molecule has 1 amide bonds. The van der Waals surface area contributed by atoms with E-state index in [0.29, 0.717) is 34.7 Å². The molecule has 10 heteroatoms. The Bertz CT molecular complexity index is 1650. The summed E-state index contributed by atoms with van der Waals surface area (Å²) in [5.41, 5.74) is 1.84. The minimum atomic E-state index is -3.84. The zero-order valence-electron chi connectivity index (χ0n) is 21.9. The monoisotopic (exact) mass is 544 g/mol. The normalized spacial score (nSPS) is 20.3. The zero-order chi connectivity index (χ0) is 27.0. The van der Waals surface area contributed by atoms with Crippen LogP contribution in [0.5, 0.6) is 0 Å². The van der Waals surface area contributed by atoms with Gasteiger partial charge >= 0.3 is 0 Å². The Morgan fingerprint density at radius 2 is 1.77 bits per heavy atom. The van der Waals surface area contributed by atoms with Gasteiger partial charge in [0.2, 0.25) is 5.91 Å². The van der Waals surface area contributed by atoms with E-state index in [1.165, 1.54) is 3.97 Å². The summed E-state index contributed by atoms with van der Waals surface area (Å²) < 4.78 is 30.4. The highest BCUT2D eigenvalue weighted by Gasteiger charge is 2.30. The highest BCUT2D eigenvalue weighted by Crippen LogP contribution is 2.38. The first kappa shape index (κ1) is 25.6. The van der Waals surface area contributed by atoms with Crippen LogP contribution in [-0.4, -0.2) is 50.8 Å². The summed E-state index contributed by atoms with van der Waals surface area (Å²) in [5, 5.41) is 9.88. The lowest BCUT2D eigenvalue weighted by atomic mass is 9.84. The predicted octanol–water partition coefficient (Wildman–Crippen LogP) is 4.82. The van der Waals surface area contributed by atoms with Crippen LogP contribution in [0.3, 0.4) is 0 Å². The summed E-state index contributed by atoms with van der Waals surface area (Å²) in [4.78, 5) is 24.9. The second-order valence-corrected chi connectivity index (χ2v) is 12.5. The van der Waals surface area contributed by atoms with E-state index in [1.807, 2.05) is 4.90 Å². The molecule has 6 rings (SSSR count). The van der Waals surface area contributed by atoms with E-state index < -0.39 is 10.0 Å². The molecule has 4 heterocycles. The quantitative estimate of drug-likeness (QED) is 0.344. The van der Waals surface area contributed by atoms with Crippen molar-refractivity contribution in [3.05, 3.63) is 54.6 Å². The number of likely N-dealkylation sites (tertiary alicyclic amines) is 1. The standard InChI is InChI=1S/C29H32N6O3S/c30-15-13-21-9-11-22(12-10-21)35-26(19-27(36)33-16-5-2-6-17-33)32-25-20-31-29-24(28(25)35)14-18-34(29)39(37,38)23-7-3-1-4-8-23/h1,3-4,7-8,14,18,20-22H,2,5-6,9-13,16-17,19H2. The molecule has 4 aromatic rings. The van der Waals surface area contributed by atoms with Crippen LogP contribution in [0.1, 0.15) is 63.2 Å². The van der Waals surface area contributed by atoms with Crippen LogP contribution in [0.25, 0.3) is 22.1 Å². The maximum atomic E-state index is 13.5. The van der Waals surface area contributed by atoms with Gasteiger partial charge in [-0.25, -0.2) is 22.4 Å². The summed E-state index contributed by atoms with van der Waals surface area (Å²) in [6.45, 7) is 1.56. The zero-order valence-corrected chi connectivity index (χ0v) is 22.7. The van der Waals surface area contributed by atoms with Crippen molar-refractivity contribution in [2.45, 2.75) is 68.7 Å². The number of benzene rings is 1. The van der Waals surface area contributed by atoms with Gasteiger partial charge in [0.25, 0.3) is 10.0 Å². The van der Waals surface area contributed by atoms with Crippen molar-refractivity contribution < 1.29 is 13.2 Å². The Morgan fingerprint density at radius 3 is 2.49 bits per heavy atom. The van der Waals surface area contributed by atoms with E-state index in [2.05, 4.69) is 15.6 Å². The minimum Gasteiger partial charge on any atom is -0.342 e. The van der Waals surface area contributed by atoms with Crippen LogP contribution in [-0.2, 0) is 21.2 Å². The summed E-state index contributed by atoms with van der Waals surface area (Å²) in [6.07, 6.45) is 10.8. The summed E-state index contributed by atoms with van der Waals surface area (Å²) in [6, 6.07) is 12.6. The Labute approximate surface area is 228 Å². The lowest BCUT2D eigenvalue weighted by Crippen LogP contribution is -2.37. The first-order valence-corrected chi connectivity index (χ1v) is 15.2. The van der Waals surface area contributed by atoms with Gasteiger partial charge in [0, 0.05) is 37.1 Å². The largest absolute Gasteiger partial charge is 0.342 e. The molecule has 2 fully saturated rings. The van der Waals surface area contributed by atoms with E-state index in [-0.39, 0.29) is 23.3 Å². The Kier molecular flexibility index (Phi) is 6.85. The number of carbonyl (C=O) groups is 1. The number of nitriles is 1. The Morgan fingerprint density at radius 1 is 1.03 bits per heavy atom. The smallest absolute Gasteiger partial charge is 0.269 e. The first-order valence-electron chi connectivity index (χ1n) is 13.8. The molecule has 2 aliphatic rings. The lowest BCUT2D eigenvalue weighted by Gasteiger charge is -2.30. The molecule has 0 spiro atoms. The number of pyridine rings is 1. The molecule has 1 aromatic carbocycles. The Balaban J connectivity index is 1.46. The number of aromatic nitrogens is 4. The number of fused-ring (bicyclic) bond motifs is 3. The van der Waals surface area contributed by atoms with Crippen LogP contribution in [0.4, 0.5) is 0 Å². The second kappa shape index (κ2) is 10.5. The van der Waals surface area contributed by atoms with Crippen LogP contribution < -0.4 is 0 Å². The van der Waals surface area contributed by atoms with Crippen LogP contribution in [0.15, 0.2) is 53.7 Å². The third-order valence-corrected chi connectivity index (χ3v) is 9.96. The molecule has 0 unspecified atom stereocenters. The van der Waals surface area contributed by atoms with Gasteiger partial charge in [-0.3, -0.25) is 4.79 Å². The van der Waals surface area contributed by atoms with Crippen molar-refractivity contribution in [1.29, 1.82) is 5.26 Å². The SMILES string of the molecule is N#CCC1CCC(n2c(CC(=O)N3CCCCC3)nc3cnc4c(ccn4S(=O)(=O)c4ccccc4)c32)CC1. The number of nitrogens with zero attached hydrogens (tertiary/aromatic N) is 6. The molecule has 9 nitrogen and oxygen atoms in total. The molecule has 1 aliphatic carbocycles. The number of rotatable bonds is 6. The molecule has 0 N–H and O–H groups in total. The fourth-order valence-corrected chi connectivity index (χ4v) is 7.56. The number of hydrogen-bond acceptors (Lipinski definition) is 6. The molecule has 0 atom stereocenters. The van der Waals surface area contributed by atoms with Gasteiger partial charge in [0.15, 0.2) is 5.65 Å². The first-order chi connectivity index (χ1) is 19.0. The highest BCUT2D eigenvalue weighted by atomic mass is 32.2. The van der Waals surface area contributed by atoms with Crippen molar-refractivity contribution in [3.63, 3.8) is 0 Å². The van der Waals surface area contributed by atoms with Crippen LogP contribution in [0, 0.1) is 17.2 Å². The molecular weight excluding hydrogens is 512 g/mol. The summed E-state index contributed by atoms with van der Waals surface area (Å²) in [5.74, 6) is 1.17. The topological polar surface area (TPSA) is 114 Å². The van der Waals surface area contributed by atoms with E-state index in [0.717, 1.165) is 63.6 Å². The van der Waals surface area contributed by atoms with Crippen LogP contribution >= 0.6 is 0 Å². The summed E-state index contributed by atoms with van der Waals surface area (Å²) >= 11 is 0. The van der Waals surface area contributed by atoms with Crippen molar-refractivity contribution in [1.82, 2.24) is 23.4 Å². The predicted molar refractivity (Wildman–Crippen MR) is 147 cm³/mol. The third-order valence-electron chi connectivity index (χ3n) is 8.28. The van der Waals surface area contributed by atoms with E-state index >= 15 is 0 Å². The molecule has 1 saturated carbocycles. The molecule has 39 heavy (non-hydrogen) atoms. The maximum Gasteiger partial charge on any atom is 0.269 e. The van der Waals surface area contributed by atoms with Crippen molar-refractivity contribution >= 4 is 38.0 Å². The van der Waals surface area contributed by atoms with Crippen molar-refractivity contribution in [2.75, 3.05) is 13.1 Å². The van der Waals surface area contributed by atoms with Gasteiger partial charge < -0.3 is 9.47 Å². The summed E-state index contributed by atoms with van der Waals surface area (Å²) in [7, 11) is -3.84. The Hall–Kier alpha value is -3.71. The molecule has 0 radical (unpaired) electrons. The number of imidazole rings is 1. The average molecular weight is 545 g/mol. The average Bonchev–Trinajstić information content (AvgIpc) is 3.56. The van der Waals surface area contributed by atoms with E-state index in [1.54, 1.807) is 48.8 Å². The van der Waals surface area contributed by atoms with Gasteiger partial charge in [0.05, 0.1) is 29.1 Å². The number of amides is 1. The molecule has 1 saturated heterocycles. The fourth-order valence-electron chi connectivity index (χ4n) is 6.24. The van der Waals surface area contributed by atoms with E-state index in [4.69, 9.17) is 4.98 Å². The van der Waals surface area contributed by atoms with Crippen molar-refractivity contribution in [3.8, 4) is 6.07 Å². The molecule has 0 bridgehead atoms. The molecule has 3 aromatic heterocycles. The highest BCUT2D eigenvalue weighted by molar-refractivity contribution is 7.90. The van der Waals surface area contributed by atoms with Crippen molar-refractivity contribution in [2.24, 2.45) is 5.92 Å². The minimum absolute atomic E-state index is 0.0813. The maximum absolute atomic E-state index is 13.5. The second-order valence-electron chi connectivity index (χ2n) is 10.7. The molecule has 1 aliphatic heterocycles. The fraction of sp³-hybridized carbons (Fsp3) is 0.448. The number of carbonyl (C=O) groups excluding carboxylic acids is 1. The lowest BCUT2D eigenvalue weighted by molar-refractivity contribution is -0.131. The molecule has 202 valence electrons.